The van der Waals surface area contributed by atoms with Crippen molar-refractivity contribution < 1.29 is 19.1 Å². The molecule has 0 saturated carbocycles. The van der Waals surface area contributed by atoms with E-state index in [1.54, 1.807) is 29.2 Å². The van der Waals surface area contributed by atoms with Gasteiger partial charge in [-0.3, -0.25) is 9.59 Å². The molecule has 0 spiro atoms. The highest BCUT2D eigenvalue weighted by Gasteiger charge is 2.18. The van der Waals surface area contributed by atoms with Crippen LogP contribution in [0.25, 0.3) is 0 Å². The van der Waals surface area contributed by atoms with Crippen LogP contribution < -0.4 is 9.47 Å². The van der Waals surface area contributed by atoms with Crippen molar-refractivity contribution in [1.82, 2.24) is 4.90 Å². The number of halogens is 1. The van der Waals surface area contributed by atoms with Gasteiger partial charge in [0.15, 0.2) is 17.3 Å². The van der Waals surface area contributed by atoms with Gasteiger partial charge in [0.1, 0.15) is 13.2 Å². The van der Waals surface area contributed by atoms with Crippen LogP contribution in [0, 0.1) is 0 Å². The number of hydrogen-bond donors (Lipinski definition) is 0. The molecule has 0 aliphatic carbocycles. The highest BCUT2D eigenvalue weighted by molar-refractivity contribution is 7.16. The van der Waals surface area contributed by atoms with Gasteiger partial charge in [0.05, 0.1) is 10.9 Å². The molecule has 0 N–H and O–H groups in total. The predicted molar refractivity (Wildman–Crippen MR) is 106 cm³/mol. The SMILES string of the molecule is C=CCN(Cc1ccc(Cl)s1)C(=O)CCC(=O)c1ccc2c(c1)OCCO2. The average molecular weight is 406 g/mol. The highest BCUT2D eigenvalue weighted by Crippen LogP contribution is 2.31. The number of ketones is 1. The first-order valence-corrected chi connectivity index (χ1v) is 9.82. The Kier molecular flexibility index (Phi) is 6.53. The summed E-state index contributed by atoms with van der Waals surface area (Å²) in [7, 11) is 0. The van der Waals surface area contributed by atoms with E-state index in [9.17, 15) is 9.59 Å². The summed E-state index contributed by atoms with van der Waals surface area (Å²) in [5, 5.41) is 0. The molecule has 5 nitrogen and oxygen atoms in total. The molecule has 7 heteroatoms. The van der Waals surface area contributed by atoms with E-state index in [1.165, 1.54) is 11.3 Å². The number of ether oxygens (including phenoxy) is 2. The predicted octanol–water partition coefficient (Wildman–Crippen LogP) is 4.35. The summed E-state index contributed by atoms with van der Waals surface area (Å²) in [6.07, 6.45) is 1.95. The molecule has 3 rings (SSSR count). The van der Waals surface area contributed by atoms with Crippen LogP contribution in [0.2, 0.25) is 4.34 Å². The number of rotatable bonds is 8. The smallest absolute Gasteiger partial charge is 0.223 e. The Morgan fingerprint density at radius 3 is 2.63 bits per heavy atom. The van der Waals surface area contributed by atoms with Crippen LogP contribution in [-0.2, 0) is 11.3 Å². The van der Waals surface area contributed by atoms with Crippen LogP contribution in [0.15, 0.2) is 43.0 Å². The minimum Gasteiger partial charge on any atom is -0.486 e. The molecule has 1 aliphatic rings. The standard InChI is InChI=1S/C20H20ClNO4S/c1-2-9-22(13-15-4-7-19(21)27-15)20(24)8-5-16(23)14-3-6-17-18(12-14)26-11-10-25-17/h2-4,6-7,12H,1,5,8-11,13H2. The van der Waals surface area contributed by atoms with Crippen molar-refractivity contribution in [3.05, 3.63) is 57.8 Å². The van der Waals surface area contributed by atoms with Crippen LogP contribution in [-0.4, -0.2) is 36.3 Å². The van der Waals surface area contributed by atoms with E-state index in [2.05, 4.69) is 6.58 Å². The zero-order chi connectivity index (χ0) is 19.2. The van der Waals surface area contributed by atoms with Crippen LogP contribution >= 0.6 is 22.9 Å². The molecule has 27 heavy (non-hydrogen) atoms. The minimum absolute atomic E-state index is 0.0923. The fraction of sp³-hybridized carbons (Fsp3) is 0.300. The number of fused-ring (bicyclic) bond motifs is 1. The summed E-state index contributed by atoms with van der Waals surface area (Å²) in [4.78, 5) is 27.7. The van der Waals surface area contributed by atoms with Crippen LogP contribution in [0.5, 0.6) is 11.5 Å². The van der Waals surface area contributed by atoms with E-state index < -0.39 is 0 Å². The van der Waals surface area contributed by atoms with Gasteiger partial charge in [0.25, 0.3) is 0 Å². The van der Waals surface area contributed by atoms with Crippen LogP contribution in [0.4, 0.5) is 0 Å². The molecule has 0 atom stereocenters. The van der Waals surface area contributed by atoms with Crippen molar-refractivity contribution in [2.45, 2.75) is 19.4 Å². The molecule has 0 bridgehead atoms. The first-order chi connectivity index (χ1) is 13.1. The second-order valence-corrected chi connectivity index (χ2v) is 7.85. The fourth-order valence-electron chi connectivity index (χ4n) is 2.77. The van der Waals surface area contributed by atoms with Gasteiger partial charge in [-0.15, -0.1) is 17.9 Å². The third kappa shape index (κ3) is 5.11. The summed E-state index contributed by atoms with van der Waals surface area (Å²) in [5.74, 6) is 1.02. The Hall–Kier alpha value is -2.31. The van der Waals surface area contributed by atoms with Gasteiger partial charge >= 0.3 is 0 Å². The quantitative estimate of drug-likeness (QED) is 0.484. The van der Waals surface area contributed by atoms with Crippen LogP contribution in [0.3, 0.4) is 0 Å². The van der Waals surface area contributed by atoms with Crippen molar-refractivity contribution in [2.24, 2.45) is 0 Å². The molecule has 2 aromatic rings. The summed E-state index contributed by atoms with van der Waals surface area (Å²) in [6.45, 7) is 5.55. The number of thiophene rings is 1. The van der Waals surface area contributed by atoms with Crippen molar-refractivity contribution in [3.63, 3.8) is 0 Å². The van der Waals surface area contributed by atoms with E-state index in [4.69, 9.17) is 21.1 Å². The second kappa shape index (κ2) is 9.06. The number of carbonyl (C=O) groups is 2. The number of nitrogens with zero attached hydrogens (tertiary/aromatic N) is 1. The molecule has 1 amide bonds. The molecular weight excluding hydrogens is 386 g/mol. The Balaban J connectivity index is 1.59. The summed E-state index contributed by atoms with van der Waals surface area (Å²) in [6, 6.07) is 8.82. The number of carbonyl (C=O) groups excluding carboxylic acids is 2. The van der Waals surface area contributed by atoms with Gasteiger partial charge in [0, 0.05) is 29.8 Å². The van der Waals surface area contributed by atoms with Crippen LogP contribution in [0.1, 0.15) is 28.1 Å². The summed E-state index contributed by atoms with van der Waals surface area (Å²) in [5.41, 5.74) is 0.521. The molecule has 0 fully saturated rings. The number of amides is 1. The highest BCUT2D eigenvalue weighted by atomic mass is 35.5. The molecule has 0 radical (unpaired) electrons. The van der Waals surface area contributed by atoms with Gasteiger partial charge < -0.3 is 14.4 Å². The molecule has 1 aromatic carbocycles. The average Bonchev–Trinajstić information content (AvgIpc) is 3.09. The topological polar surface area (TPSA) is 55.8 Å². The Morgan fingerprint density at radius 2 is 1.93 bits per heavy atom. The molecular formula is C20H20ClNO4S. The van der Waals surface area contributed by atoms with Crippen molar-refractivity contribution in [3.8, 4) is 11.5 Å². The lowest BCUT2D eigenvalue weighted by atomic mass is 10.1. The fourth-order valence-corrected chi connectivity index (χ4v) is 3.88. The Morgan fingerprint density at radius 1 is 1.15 bits per heavy atom. The molecule has 142 valence electrons. The lowest BCUT2D eigenvalue weighted by Crippen LogP contribution is -2.30. The Bertz CT molecular complexity index is 848. The number of Topliss-reactive ketones (excluding diaryl/α,β-unsaturated/α-hetero) is 1. The zero-order valence-corrected chi connectivity index (χ0v) is 16.4. The largest absolute Gasteiger partial charge is 0.486 e. The zero-order valence-electron chi connectivity index (χ0n) is 14.8. The van der Waals surface area contributed by atoms with E-state index in [0.29, 0.717) is 47.7 Å². The summed E-state index contributed by atoms with van der Waals surface area (Å²) < 4.78 is 11.6. The minimum atomic E-state index is -0.0990. The normalized spacial score (nSPS) is 12.5. The second-order valence-electron chi connectivity index (χ2n) is 6.05. The molecule has 1 aromatic heterocycles. The summed E-state index contributed by atoms with van der Waals surface area (Å²) >= 11 is 7.39. The maximum atomic E-state index is 12.6. The van der Waals surface area contributed by atoms with Gasteiger partial charge in [-0.25, -0.2) is 0 Å². The van der Waals surface area contributed by atoms with E-state index in [-0.39, 0.29) is 24.5 Å². The lowest BCUT2D eigenvalue weighted by molar-refractivity contribution is -0.131. The third-order valence-corrected chi connectivity index (χ3v) is 5.32. The van der Waals surface area contributed by atoms with Gasteiger partial charge in [-0.2, -0.15) is 0 Å². The third-order valence-electron chi connectivity index (χ3n) is 4.11. The molecule has 0 saturated heterocycles. The molecule has 0 unspecified atom stereocenters. The van der Waals surface area contributed by atoms with E-state index in [0.717, 1.165) is 4.88 Å². The maximum Gasteiger partial charge on any atom is 0.223 e. The van der Waals surface area contributed by atoms with E-state index in [1.807, 2.05) is 12.1 Å². The van der Waals surface area contributed by atoms with Gasteiger partial charge in [0.2, 0.25) is 5.91 Å². The lowest BCUT2D eigenvalue weighted by Gasteiger charge is -2.20. The monoisotopic (exact) mass is 405 g/mol. The van der Waals surface area contributed by atoms with Crippen molar-refractivity contribution in [2.75, 3.05) is 19.8 Å². The Labute approximate surface area is 167 Å². The van der Waals surface area contributed by atoms with Gasteiger partial charge in [-0.1, -0.05) is 17.7 Å². The van der Waals surface area contributed by atoms with Crippen molar-refractivity contribution >= 4 is 34.6 Å². The molecule has 2 heterocycles. The first-order valence-electron chi connectivity index (χ1n) is 8.62. The number of benzene rings is 1. The first kappa shape index (κ1) is 19.5. The van der Waals surface area contributed by atoms with E-state index >= 15 is 0 Å². The number of hydrogen-bond acceptors (Lipinski definition) is 5. The molecule has 1 aliphatic heterocycles. The maximum absolute atomic E-state index is 12.6. The van der Waals surface area contributed by atoms with Crippen molar-refractivity contribution in [1.29, 1.82) is 0 Å². The van der Waals surface area contributed by atoms with Gasteiger partial charge in [-0.05, 0) is 30.3 Å².